The highest BCUT2D eigenvalue weighted by molar-refractivity contribution is 5.83. The zero-order valence-corrected chi connectivity index (χ0v) is 13.1. The Morgan fingerprint density at radius 2 is 1.73 bits per heavy atom. The quantitative estimate of drug-likeness (QED) is 0.905. The third-order valence-electron chi connectivity index (χ3n) is 5.26. The van der Waals surface area contributed by atoms with Gasteiger partial charge in [-0.1, -0.05) is 42.5 Å². The lowest BCUT2D eigenvalue weighted by Crippen LogP contribution is -2.46. The van der Waals surface area contributed by atoms with Gasteiger partial charge in [0.1, 0.15) is 6.67 Å². The molecule has 0 unspecified atom stereocenters. The predicted octanol–water partition coefficient (Wildman–Crippen LogP) is 3.57. The molecule has 2 aromatic rings. The Morgan fingerprint density at radius 3 is 2.36 bits per heavy atom. The predicted molar refractivity (Wildman–Crippen MR) is 88.9 cm³/mol. The lowest BCUT2D eigenvalue weighted by atomic mass is 9.65. The molecule has 3 heteroatoms. The molecule has 2 aromatic carbocycles. The number of nitrogens with one attached hydrogen (secondary N) is 1. The van der Waals surface area contributed by atoms with Crippen LogP contribution in [-0.4, -0.2) is 31.0 Å². The van der Waals surface area contributed by atoms with E-state index in [2.05, 4.69) is 41.7 Å². The highest BCUT2D eigenvalue weighted by Crippen LogP contribution is 2.43. The van der Waals surface area contributed by atoms with Crippen molar-refractivity contribution in [2.24, 2.45) is 0 Å². The minimum absolute atomic E-state index is 0.0137. The third kappa shape index (κ3) is 2.75. The van der Waals surface area contributed by atoms with Gasteiger partial charge in [-0.25, -0.2) is 4.39 Å². The van der Waals surface area contributed by atoms with E-state index in [-0.39, 0.29) is 5.41 Å². The van der Waals surface area contributed by atoms with Crippen LogP contribution in [0.15, 0.2) is 42.5 Å². The molecule has 0 atom stereocenters. The van der Waals surface area contributed by atoms with Gasteiger partial charge in [0.05, 0.1) is 5.60 Å². The fourth-order valence-electron chi connectivity index (χ4n) is 3.75. The number of fused-ring (bicyclic) bond motifs is 1. The number of likely N-dealkylation sites (N-methyl/N-ethyl adjacent to an activating group) is 1. The molecule has 1 fully saturated rings. The second-order valence-electron chi connectivity index (χ2n) is 6.73. The van der Waals surface area contributed by atoms with Crippen LogP contribution in [0.2, 0.25) is 0 Å². The van der Waals surface area contributed by atoms with Gasteiger partial charge in [0.25, 0.3) is 0 Å². The number of alkyl halides is 1. The van der Waals surface area contributed by atoms with Gasteiger partial charge in [-0.05, 0) is 49.1 Å². The van der Waals surface area contributed by atoms with Gasteiger partial charge in [-0.3, -0.25) is 0 Å². The number of hydrogen-bond acceptors (Lipinski definition) is 2. The van der Waals surface area contributed by atoms with Crippen LogP contribution in [0.1, 0.15) is 31.2 Å². The molecule has 118 valence electrons. The van der Waals surface area contributed by atoms with Crippen LogP contribution in [0.25, 0.3) is 10.8 Å². The molecule has 2 nitrogen and oxygen atoms in total. The molecule has 1 aliphatic rings. The largest absolute Gasteiger partial charge is 0.387 e. The Balaban J connectivity index is 1.96. The Bertz CT molecular complexity index is 647. The Morgan fingerprint density at radius 1 is 1.05 bits per heavy atom. The molecular weight excluding hydrogens is 277 g/mol. The first-order chi connectivity index (χ1) is 10.6. The second kappa shape index (κ2) is 5.98. The fraction of sp³-hybridized carbons (Fsp3) is 0.474. The summed E-state index contributed by atoms with van der Waals surface area (Å²) in [5.74, 6) is 0. The van der Waals surface area contributed by atoms with E-state index < -0.39 is 12.3 Å². The molecule has 0 radical (unpaired) electrons. The summed E-state index contributed by atoms with van der Waals surface area (Å²) in [6.45, 7) is 0.216. The first kappa shape index (κ1) is 15.4. The van der Waals surface area contributed by atoms with Gasteiger partial charge in [0.2, 0.25) is 0 Å². The summed E-state index contributed by atoms with van der Waals surface area (Å²) in [5, 5.41) is 16.0. The van der Waals surface area contributed by atoms with E-state index in [1.54, 1.807) is 0 Å². The van der Waals surface area contributed by atoms with Crippen molar-refractivity contribution in [1.82, 2.24) is 5.32 Å². The van der Waals surface area contributed by atoms with E-state index >= 15 is 0 Å². The lowest BCUT2D eigenvalue weighted by Gasteiger charge is -2.43. The van der Waals surface area contributed by atoms with Crippen LogP contribution in [0.3, 0.4) is 0 Å². The maximum atomic E-state index is 13.0. The molecule has 0 aromatic heterocycles. The molecular formula is C19H24FNO. The highest BCUT2D eigenvalue weighted by Gasteiger charge is 2.42. The monoisotopic (exact) mass is 301 g/mol. The Kier molecular flexibility index (Phi) is 4.20. The van der Waals surface area contributed by atoms with E-state index in [0.29, 0.717) is 12.8 Å². The first-order valence-electron chi connectivity index (χ1n) is 8.03. The Labute approximate surface area is 131 Å². The van der Waals surface area contributed by atoms with Gasteiger partial charge < -0.3 is 10.4 Å². The molecule has 1 aliphatic carbocycles. The van der Waals surface area contributed by atoms with Crippen molar-refractivity contribution in [2.75, 3.05) is 20.3 Å². The summed E-state index contributed by atoms with van der Waals surface area (Å²) in [6.07, 6.45) is 2.68. The molecule has 3 rings (SSSR count). The minimum Gasteiger partial charge on any atom is -0.387 e. The molecule has 2 N–H and O–H groups in total. The van der Waals surface area contributed by atoms with Gasteiger partial charge in [-0.2, -0.15) is 0 Å². The molecule has 0 aliphatic heterocycles. The van der Waals surface area contributed by atoms with E-state index in [1.165, 1.54) is 16.3 Å². The average molecular weight is 301 g/mol. The van der Waals surface area contributed by atoms with Gasteiger partial charge in [0.15, 0.2) is 0 Å². The van der Waals surface area contributed by atoms with Crippen molar-refractivity contribution in [2.45, 2.75) is 36.7 Å². The summed E-state index contributed by atoms with van der Waals surface area (Å²) in [7, 11) is 1.96. The fourth-order valence-corrected chi connectivity index (χ4v) is 3.75. The van der Waals surface area contributed by atoms with Crippen LogP contribution >= 0.6 is 0 Å². The molecule has 0 saturated heterocycles. The maximum Gasteiger partial charge on any atom is 0.118 e. The van der Waals surface area contributed by atoms with Crippen LogP contribution in [0, 0.1) is 0 Å². The van der Waals surface area contributed by atoms with E-state index in [1.807, 2.05) is 13.1 Å². The molecule has 0 amide bonds. The average Bonchev–Trinajstić information content (AvgIpc) is 2.57. The SMILES string of the molecule is CNCC1(c2ccc3ccccc3c2)CCC(O)(CF)CC1. The van der Waals surface area contributed by atoms with Crippen LogP contribution in [0.5, 0.6) is 0 Å². The van der Waals surface area contributed by atoms with Gasteiger partial charge in [0, 0.05) is 12.0 Å². The summed E-state index contributed by atoms with van der Waals surface area (Å²) in [4.78, 5) is 0. The zero-order valence-electron chi connectivity index (χ0n) is 13.1. The van der Waals surface area contributed by atoms with Crippen molar-refractivity contribution in [3.05, 3.63) is 48.0 Å². The third-order valence-corrected chi connectivity index (χ3v) is 5.26. The van der Waals surface area contributed by atoms with Crippen molar-refractivity contribution in [1.29, 1.82) is 0 Å². The Hall–Kier alpha value is -1.45. The van der Waals surface area contributed by atoms with Crippen molar-refractivity contribution >= 4 is 10.8 Å². The number of benzene rings is 2. The van der Waals surface area contributed by atoms with Crippen LogP contribution < -0.4 is 5.32 Å². The smallest absolute Gasteiger partial charge is 0.118 e. The normalized spacial score (nSPS) is 28.9. The van der Waals surface area contributed by atoms with Crippen LogP contribution in [-0.2, 0) is 5.41 Å². The number of hydrogen-bond donors (Lipinski definition) is 2. The van der Waals surface area contributed by atoms with Crippen molar-refractivity contribution in [3.8, 4) is 0 Å². The topological polar surface area (TPSA) is 32.3 Å². The van der Waals surface area contributed by atoms with Crippen molar-refractivity contribution in [3.63, 3.8) is 0 Å². The number of rotatable bonds is 4. The van der Waals surface area contributed by atoms with E-state index in [0.717, 1.165) is 19.4 Å². The van der Waals surface area contributed by atoms with Crippen molar-refractivity contribution < 1.29 is 9.50 Å². The minimum atomic E-state index is -1.12. The van der Waals surface area contributed by atoms with Gasteiger partial charge in [-0.15, -0.1) is 0 Å². The van der Waals surface area contributed by atoms with E-state index in [4.69, 9.17) is 0 Å². The number of aliphatic hydroxyl groups is 1. The lowest BCUT2D eigenvalue weighted by molar-refractivity contribution is -0.0344. The summed E-state index contributed by atoms with van der Waals surface area (Å²) < 4.78 is 13.0. The van der Waals surface area contributed by atoms with E-state index in [9.17, 15) is 9.50 Å². The molecule has 0 spiro atoms. The summed E-state index contributed by atoms with van der Waals surface area (Å²) >= 11 is 0. The number of halogens is 1. The standard InChI is InChI=1S/C19H24FNO/c1-21-14-18(8-10-19(22,13-20)11-9-18)17-7-6-15-4-2-3-5-16(15)12-17/h2-7,12,21-22H,8-11,13-14H2,1H3. The highest BCUT2D eigenvalue weighted by atomic mass is 19.1. The molecule has 0 heterocycles. The summed E-state index contributed by atoms with van der Waals surface area (Å²) in [6, 6.07) is 15.0. The molecule has 0 bridgehead atoms. The molecule has 22 heavy (non-hydrogen) atoms. The van der Waals surface area contributed by atoms with Gasteiger partial charge >= 0.3 is 0 Å². The maximum absolute atomic E-state index is 13.0. The zero-order chi connectivity index (χ0) is 15.6. The first-order valence-corrected chi connectivity index (χ1v) is 8.03. The molecule has 1 saturated carbocycles. The van der Waals surface area contributed by atoms with Crippen LogP contribution in [0.4, 0.5) is 4.39 Å². The summed E-state index contributed by atoms with van der Waals surface area (Å²) in [5.41, 5.74) is 0.162. The second-order valence-corrected chi connectivity index (χ2v) is 6.73.